The summed E-state index contributed by atoms with van der Waals surface area (Å²) in [6, 6.07) is 28.2. The van der Waals surface area contributed by atoms with E-state index in [1.54, 1.807) is 0 Å². The molecule has 2 aliphatic rings. The summed E-state index contributed by atoms with van der Waals surface area (Å²) >= 11 is 0. The SMILES string of the molecule is Cc1cc2c(cc1C)N(c1cc(C)c(C)c(C)c1)c1cc(C)c(C)c3c1B2c1ccc(N(c2cc(C)c(C)c(C)c2)c2cc(C)c(C)c(C)c2)cc1O3. The van der Waals surface area contributed by atoms with Crippen LogP contribution in [0.4, 0.5) is 34.1 Å². The normalized spacial score (nSPS) is 12.7. The Hall–Kier alpha value is -5.22. The van der Waals surface area contributed by atoms with E-state index < -0.39 is 0 Å². The highest BCUT2D eigenvalue weighted by molar-refractivity contribution is 6.99. The lowest BCUT2D eigenvalue weighted by Gasteiger charge is -2.41. The molecular formula is C49H51BN2O. The fraction of sp³-hybridized carbons (Fsp3) is 0.265. The minimum atomic E-state index is 0.0384. The molecular weight excluding hydrogens is 643 g/mol. The Kier molecular flexibility index (Phi) is 8.18. The average Bonchev–Trinajstić information content (AvgIpc) is 3.11. The van der Waals surface area contributed by atoms with Gasteiger partial charge in [0.25, 0.3) is 6.71 Å². The third-order valence-electron chi connectivity index (χ3n) is 12.8. The van der Waals surface area contributed by atoms with Crippen molar-refractivity contribution < 1.29 is 4.74 Å². The molecule has 0 spiro atoms. The molecule has 0 saturated carbocycles. The fourth-order valence-electron chi connectivity index (χ4n) is 8.59. The Morgan fingerprint density at radius 3 is 1.45 bits per heavy atom. The maximum atomic E-state index is 7.20. The lowest BCUT2D eigenvalue weighted by atomic mass is 9.34. The molecule has 0 radical (unpaired) electrons. The zero-order valence-electron chi connectivity index (χ0n) is 33.8. The van der Waals surface area contributed by atoms with Crippen LogP contribution in [0.15, 0.2) is 72.8 Å². The van der Waals surface area contributed by atoms with Gasteiger partial charge in [0.1, 0.15) is 11.5 Å². The van der Waals surface area contributed by atoms with Crippen molar-refractivity contribution in [2.75, 3.05) is 9.80 Å². The molecule has 0 fully saturated rings. The first-order valence-electron chi connectivity index (χ1n) is 19.1. The van der Waals surface area contributed by atoms with Crippen LogP contribution in [-0.4, -0.2) is 6.71 Å². The Morgan fingerprint density at radius 1 is 0.434 bits per heavy atom. The molecule has 266 valence electrons. The number of anilines is 6. The fourth-order valence-corrected chi connectivity index (χ4v) is 8.59. The summed E-state index contributed by atoms with van der Waals surface area (Å²) < 4.78 is 7.20. The quantitative estimate of drug-likeness (QED) is 0.171. The Labute approximate surface area is 317 Å². The van der Waals surface area contributed by atoms with E-state index in [1.165, 1.54) is 106 Å². The first-order valence-corrected chi connectivity index (χ1v) is 19.1. The van der Waals surface area contributed by atoms with Gasteiger partial charge in [0.05, 0.1) is 0 Å². The first-order chi connectivity index (χ1) is 25.1. The third-order valence-corrected chi connectivity index (χ3v) is 12.8. The molecule has 3 nitrogen and oxygen atoms in total. The van der Waals surface area contributed by atoms with E-state index in [0.29, 0.717) is 0 Å². The van der Waals surface area contributed by atoms with Crippen molar-refractivity contribution in [3.63, 3.8) is 0 Å². The predicted molar refractivity (Wildman–Crippen MR) is 229 cm³/mol. The Balaban J connectivity index is 1.38. The van der Waals surface area contributed by atoms with Crippen LogP contribution in [0.3, 0.4) is 0 Å². The van der Waals surface area contributed by atoms with Gasteiger partial charge >= 0.3 is 0 Å². The third kappa shape index (κ3) is 5.40. The van der Waals surface area contributed by atoms with Gasteiger partial charge in [-0.3, -0.25) is 0 Å². The molecule has 6 aromatic rings. The van der Waals surface area contributed by atoms with Crippen LogP contribution in [-0.2, 0) is 0 Å². The summed E-state index contributed by atoms with van der Waals surface area (Å²) in [4.78, 5) is 4.91. The van der Waals surface area contributed by atoms with Gasteiger partial charge in [0, 0.05) is 40.2 Å². The van der Waals surface area contributed by atoms with Crippen molar-refractivity contribution >= 4 is 57.2 Å². The molecule has 8 rings (SSSR count). The summed E-state index contributed by atoms with van der Waals surface area (Å²) in [5.74, 6) is 1.91. The van der Waals surface area contributed by atoms with Crippen LogP contribution in [0.1, 0.15) is 72.3 Å². The van der Waals surface area contributed by atoms with E-state index in [0.717, 1.165) is 28.6 Å². The maximum absolute atomic E-state index is 7.20. The van der Waals surface area contributed by atoms with Crippen LogP contribution in [0.25, 0.3) is 0 Å². The second kappa shape index (κ2) is 12.4. The zero-order chi connectivity index (χ0) is 37.8. The molecule has 4 heteroatoms. The largest absolute Gasteiger partial charge is 0.458 e. The van der Waals surface area contributed by atoms with Gasteiger partial charge in [0.15, 0.2) is 0 Å². The Morgan fingerprint density at radius 2 is 0.906 bits per heavy atom. The molecule has 0 bridgehead atoms. The van der Waals surface area contributed by atoms with Gasteiger partial charge < -0.3 is 14.5 Å². The minimum absolute atomic E-state index is 0.0384. The topological polar surface area (TPSA) is 15.7 Å². The van der Waals surface area contributed by atoms with E-state index >= 15 is 0 Å². The van der Waals surface area contributed by atoms with E-state index in [2.05, 4.69) is 173 Å². The van der Waals surface area contributed by atoms with Crippen LogP contribution >= 0.6 is 0 Å². The number of hydrogen-bond acceptors (Lipinski definition) is 3. The van der Waals surface area contributed by atoms with E-state index in [9.17, 15) is 0 Å². The van der Waals surface area contributed by atoms with E-state index in [1.807, 2.05) is 0 Å². The predicted octanol–water partition coefficient (Wildman–Crippen LogP) is 11.6. The van der Waals surface area contributed by atoms with Crippen molar-refractivity contribution in [3.05, 3.63) is 145 Å². The summed E-state index contributed by atoms with van der Waals surface area (Å²) in [5, 5.41) is 0. The van der Waals surface area contributed by atoms with Crippen molar-refractivity contribution in [2.24, 2.45) is 0 Å². The number of ether oxygens (including phenoxy) is 1. The minimum Gasteiger partial charge on any atom is -0.458 e. The molecule has 6 aromatic carbocycles. The van der Waals surface area contributed by atoms with Gasteiger partial charge in [-0.2, -0.15) is 0 Å². The number of aryl methyl sites for hydroxylation is 9. The van der Waals surface area contributed by atoms with Crippen molar-refractivity contribution in [3.8, 4) is 11.5 Å². The molecule has 0 saturated heterocycles. The molecule has 0 atom stereocenters. The van der Waals surface area contributed by atoms with Crippen LogP contribution in [0.5, 0.6) is 11.5 Å². The highest BCUT2D eigenvalue weighted by Gasteiger charge is 2.43. The smallest absolute Gasteiger partial charge is 0.256 e. The summed E-state index contributed by atoms with van der Waals surface area (Å²) in [6.45, 7) is 29.0. The standard InChI is InChI=1S/C49H51BN2O/c1-26-22-44-45(23-27(26)2)52(42-20-32(7)37(12)33(8)21-42)46-24-34(9)38(13)49-48(46)50(44)43-15-14-39(25-47(43)53-49)51(40-16-28(3)35(10)29(4)17-40)41-18-30(5)36(11)31(6)19-41/h14-25H,1-13H3. The first kappa shape index (κ1) is 34.8. The number of rotatable bonds is 4. The molecule has 0 amide bonds. The van der Waals surface area contributed by atoms with Crippen LogP contribution in [0, 0.1) is 90.0 Å². The number of benzene rings is 6. The average molecular weight is 695 g/mol. The molecule has 0 N–H and O–H groups in total. The van der Waals surface area contributed by atoms with Gasteiger partial charge in [0.2, 0.25) is 0 Å². The second-order valence-electron chi connectivity index (χ2n) is 16.1. The monoisotopic (exact) mass is 694 g/mol. The molecule has 2 heterocycles. The Bertz CT molecular complexity index is 2420. The molecule has 0 aliphatic carbocycles. The van der Waals surface area contributed by atoms with Crippen molar-refractivity contribution in [1.82, 2.24) is 0 Å². The lowest BCUT2D eigenvalue weighted by Crippen LogP contribution is -2.59. The van der Waals surface area contributed by atoms with Gasteiger partial charge in [-0.1, -0.05) is 12.1 Å². The molecule has 2 aliphatic heterocycles. The van der Waals surface area contributed by atoms with Gasteiger partial charge in [-0.15, -0.1) is 0 Å². The summed E-state index contributed by atoms with van der Waals surface area (Å²) in [6.07, 6.45) is 0. The van der Waals surface area contributed by atoms with Crippen LogP contribution in [0.2, 0.25) is 0 Å². The van der Waals surface area contributed by atoms with Crippen molar-refractivity contribution in [1.29, 1.82) is 0 Å². The lowest BCUT2D eigenvalue weighted by molar-refractivity contribution is 0.483. The summed E-state index contributed by atoms with van der Waals surface area (Å²) in [5.41, 5.74) is 27.7. The molecule has 0 unspecified atom stereocenters. The highest BCUT2D eigenvalue weighted by atomic mass is 16.5. The van der Waals surface area contributed by atoms with Crippen molar-refractivity contribution in [2.45, 2.75) is 90.0 Å². The molecule has 53 heavy (non-hydrogen) atoms. The number of hydrogen-bond donors (Lipinski definition) is 0. The number of nitrogens with zero attached hydrogens (tertiary/aromatic N) is 2. The maximum Gasteiger partial charge on any atom is 0.256 e. The summed E-state index contributed by atoms with van der Waals surface area (Å²) in [7, 11) is 0. The second-order valence-corrected chi connectivity index (χ2v) is 16.1. The van der Waals surface area contributed by atoms with Crippen LogP contribution < -0.4 is 30.9 Å². The van der Waals surface area contributed by atoms with Gasteiger partial charge in [-0.05, 0) is 233 Å². The van der Waals surface area contributed by atoms with E-state index in [-0.39, 0.29) is 6.71 Å². The zero-order valence-corrected chi connectivity index (χ0v) is 33.8. The number of fused-ring (bicyclic) bond motifs is 4. The highest BCUT2D eigenvalue weighted by Crippen LogP contribution is 2.46. The van der Waals surface area contributed by atoms with Gasteiger partial charge in [-0.25, -0.2) is 0 Å². The van der Waals surface area contributed by atoms with E-state index in [4.69, 9.17) is 4.74 Å². The molecule has 0 aromatic heterocycles.